The number of oxime groups is 1. The molecule has 7 nitrogen and oxygen atoms in total. The molecule has 1 saturated heterocycles. The molecule has 0 aliphatic carbocycles. The van der Waals surface area contributed by atoms with Crippen LogP contribution in [0.3, 0.4) is 0 Å². The van der Waals surface area contributed by atoms with E-state index in [1.54, 1.807) is 39.1 Å². The summed E-state index contributed by atoms with van der Waals surface area (Å²) in [6.45, 7) is 9.08. The van der Waals surface area contributed by atoms with Crippen LogP contribution in [-0.2, 0) is 15.5 Å². The van der Waals surface area contributed by atoms with Crippen LogP contribution < -0.4 is 5.32 Å². The summed E-state index contributed by atoms with van der Waals surface area (Å²) < 4.78 is 0. The van der Waals surface area contributed by atoms with Crippen molar-refractivity contribution in [2.24, 2.45) is 11.1 Å². The lowest BCUT2D eigenvalue weighted by atomic mass is 9.87. The molecular formula is C16H20N4O3. The maximum atomic E-state index is 13.0. The zero-order valence-corrected chi connectivity index (χ0v) is 13.9. The van der Waals surface area contributed by atoms with Gasteiger partial charge in [-0.15, -0.1) is 0 Å². The standard InChI is InChI=1S/C16H20N4O3/c1-9(2)15(5)14(22)18-16(23-19-10(3)4)12-11(7-6-8-17-12)13(21)20(15)16/h6-9H,1-5H3,(H,18,22). The fraction of sp³-hybridized carbons (Fsp3) is 0.500. The van der Waals surface area contributed by atoms with Crippen LogP contribution in [0.15, 0.2) is 23.5 Å². The van der Waals surface area contributed by atoms with Gasteiger partial charge in [0, 0.05) is 6.20 Å². The zero-order chi connectivity index (χ0) is 17.0. The van der Waals surface area contributed by atoms with E-state index in [0.717, 1.165) is 0 Å². The van der Waals surface area contributed by atoms with Crippen molar-refractivity contribution >= 4 is 17.5 Å². The van der Waals surface area contributed by atoms with Gasteiger partial charge in [0.05, 0.1) is 11.3 Å². The van der Waals surface area contributed by atoms with Gasteiger partial charge in [0.2, 0.25) is 0 Å². The fourth-order valence-corrected chi connectivity index (χ4v) is 3.04. The second-order valence-electron chi connectivity index (χ2n) is 6.57. The molecule has 3 rings (SSSR count). The van der Waals surface area contributed by atoms with Crippen molar-refractivity contribution in [1.29, 1.82) is 0 Å². The van der Waals surface area contributed by atoms with E-state index in [4.69, 9.17) is 4.84 Å². The van der Waals surface area contributed by atoms with E-state index in [0.29, 0.717) is 17.0 Å². The van der Waals surface area contributed by atoms with Gasteiger partial charge in [0.25, 0.3) is 11.8 Å². The highest BCUT2D eigenvalue weighted by atomic mass is 16.7. The molecule has 2 atom stereocenters. The largest absolute Gasteiger partial charge is 0.338 e. The number of nitrogens with one attached hydrogen (secondary N) is 1. The molecule has 0 aromatic carbocycles. The third-order valence-corrected chi connectivity index (χ3v) is 4.57. The second kappa shape index (κ2) is 4.78. The quantitative estimate of drug-likeness (QED) is 0.678. The van der Waals surface area contributed by atoms with Crippen LogP contribution in [0.5, 0.6) is 0 Å². The van der Waals surface area contributed by atoms with E-state index in [-0.39, 0.29) is 17.7 Å². The number of fused-ring (bicyclic) bond motifs is 3. The van der Waals surface area contributed by atoms with Gasteiger partial charge in [0.15, 0.2) is 0 Å². The van der Waals surface area contributed by atoms with Crippen LogP contribution in [0, 0.1) is 5.92 Å². The molecule has 122 valence electrons. The van der Waals surface area contributed by atoms with E-state index in [1.165, 1.54) is 4.90 Å². The number of carbonyl (C=O) groups excluding carboxylic acids is 2. The van der Waals surface area contributed by atoms with Crippen molar-refractivity contribution in [2.75, 3.05) is 0 Å². The summed E-state index contributed by atoms with van der Waals surface area (Å²) in [7, 11) is 0. The lowest BCUT2D eigenvalue weighted by Gasteiger charge is -2.37. The number of carbonyl (C=O) groups is 2. The zero-order valence-electron chi connectivity index (χ0n) is 13.9. The number of nitrogens with zero attached hydrogens (tertiary/aromatic N) is 3. The molecule has 2 unspecified atom stereocenters. The van der Waals surface area contributed by atoms with Crippen molar-refractivity contribution in [3.63, 3.8) is 0 Å². The Morgan fingerprint density at radius 3 is 2.70 bits per heavy atom. The van der Waals surface area contributed by atoms with Gasteiger partial charge >= 0.3 is 5.85 Å². The maximum Gasteiger partial charge on any atom is 0.337 e. The number of hydrogen-bond acceptors (Lipinski definition) is 5. The fourth-order valence-electron chi connectivity index (χ4n) is 3.04. The van der Waals surface area contributed by atoms with E-state index in [2.05, 4.69) is 15.5 Å². The van der Waals surface area contributed by atoms with Gasteiger partial charge in [-0.25, -0.2) is 0 Å². The van der Waals surface area contributed by atoms with Crippen LogP contribution in [0.1, 0.15) is 50.7 Å². The first-order valence-corrected chi connectivity index (χ1v) is 7.57. The van der Waals surface area contributed by atoms with Crippen LogP contribution in [0.4, 0.5) is 0 Å². The minimum Gasteiger partial charge on any atom is -0.338 e. The summed E-state index contributed by atoms with van der Waals surface area (Å²) in [6, 6.07) is 3.37. The number of amides is 2. The average molecular weight is 316 g/mol. The first-order valence-electron chi connectivity index (χ1n) is 7.57. The van der Waals surface area contributed by atoms with Crippen molar-refractivity contribution < 1.29 is 14.4 Å². The summed E-state index contributed by atoms with van der Waals surface area (Å²) in [5.41, 5.74) is 0.411. The third kappa shape index (κ3) is 1.82. The lowest BCUT2D eigenvalue weighted by Crippen LogP contribution is -2.56. The van der Waals surface area contributed by atoms with Crippen LogP contribution >= 0.6 is 0 Å². The smallest absolute Gasteiger partial charge is 0.337 e. The number of hydrogen-bond donors (Lipinski definition) is 1. The van der Waals surface area contributed by atoms with E-state index >= 15 is 0 Å². The Hall–Kier alpha value is -2.44. The van der Waals surface area contributed by atoms with Crippen molar-refractivity contribution in [3.8, 4) is 0 Å². The third-order valence-electron chi connectivity index (χ3n) is 4.57. The van der Waals surface area contributed by atoms with Gasteiger partial charge in [-0.3, -0.25) is 24.8 Å². The first kappa shape index (κ1) is 15.5. The molecule has 2 amide bonds. The number of rotatable bonds is 3. The van der Waals surface area contributed by atoms with Gasteiger partial charge in [-0.2, -0.15) is 0 Å². The Morgan fingerprint density at radius 2 is 2.09 bits per heavy atom. The second-order valence-corrected chi connectivity index (χ2v) is 6.57. The van der Waals surface area contributed by atoms with Gasteiger partial charge in [-0.05, 0) is 38.8 Å². The van der Waals surface area contributed by atoms with Crippen LogP contribution in [0.25, 0.3) is 0 Å². The minimum atomic E-state index is -1.49. The normalized spacial score (nSPS) is 28.5. The molecular weight excluding hydrogens is 296 g/mol. The highest BCUT2D eigenvalue weighted by Crippen LogP contribution is 2.48. The summed E-state index contributed by atoms with van der Waals surface area (Å²) >= 11 is 0. The predicted molar refractivity (Wildman–Crippen MR) is 83.3 cm³/mol. The first-order chi connectivity index (χ1) is 10.7. The average Bonchev–Trinajstić information content (AvgIpc) is 2.88. The van der Waals surface area contributed by atoms with Crippen LogP contribution in [0.2, 0.25) is 0 Å². The Kier molecular flexibility index (Phi) is 3.21. The number of aromatic nitrogens is 1. The summed E-state index contributed by atoms with van der Waals surface area (Å²) in [5, 5.41) is 6.82. The molecule has 2 aliphatic rings. The monoisotopic (exact) mass is 316 g/mol. The topological polar surface area (TPSA) is 83.9 Å². The molecule has 1 aromatic heterocycles. The Morgan fingerprint density at radius 1 is 1.39 bits per heavy atom. The van der Waals surface area contributed by atoms with Crippen molar-refractivity contribution in [3.05, 3.63) is 29.6 Å². The molecule has 1 fully saturated rings. The lowest BCUT2D eigenvalue weighted by molar-refractivity contribution is -0.156. The van der Waals surface area contributed by atoms with Gasteiger partial charge < -0.3 is 4.84 Å². The van der Waals surface area contributed by atoms with E-state index < -0.39 is 11.4 Å². The SMILES string of the molecule is CC(C)=NOC12NC(=O)C(C)(C(C)C)N1C(=O)c1cccnc12. The molecule has 1 N–H and O–H groups in total. The van der Waals surface area contributed by atoms with Crippen molar-refractivity contribution in [1.82, 2.24) is 15.2 Å². The van der Waals surface area contributed by atoms with E-state index in [1.807, 2.05) is 13.8 Å². The summed E-state index contributed by atoms with van der Waals surface area (Å²) in [4.78, 5) is 37.1. The molecule has 0 radical (unpaired) electrons. The molecule has 23 heavy (non-hydrogen) atoms. The molecule has 1 aromatic rings. The molecule has 0 bridgehead atoms. The Labute approximate surface area is 134 Å². The maximum absolute atomic E-state index is 13.0. The Bertz CT molecular complexity index is 726. The Balaban J connectivity index is 2.25. The molecule has 0 spiro atoms. The molecule has 2 aliphatic heterocycles. The highest BCUT2D eigenvalue weighted by Gasteiger charge is 2.69. The minimum absolute atomic E-state index is 0.113. The molecule has 7 heteroatoms. The highest BCUT2D eigenvalue weighted by molar-refractivity contribution is 6.06. The van der Waals surface area contributed by atoms with Crippen molar-refractivity contribution in [2.45, 2.75) is 46.0 Å². The van der Waals surface area contributed by atoms with Gasteiger partial charge in [0.1, 0.15) is 11.2 Å². The predicted octanol–water partition coefficient (Wildman–Crippen LogP) is 1.60. The molecule has 3 heterocycles. The summed E-state index contributed by atoms with van der Waals surface area (Å²) in [6.07, 6.45) is 1.57. The van der Waals surface area contributed by atoms with Gasteiger partial charge in [-0.1, -0.05) is 19.0 Å². The summed E-state index contributed by atoms with van der Waals surface area (Å²) in [5.74, 6) is -2.16. The molecule has 0 saturated carbocycles. The van der Waals surface area contributed by atoms with E-state index in [9.17, 15) is 9.59 Å². The van der Waals surface area contributed by atoms with Crippen LogP contribution in [-0.4, -0.2) is 32.9 Å². The number of pyridine rings is 1.